The van der Waals surface area contributed by atoms with Gasteiger partial charge in [0.25, 0.3) is 0 Å². The van der Waals surface area contributed by atoms with Crippen LogP contribution in [0.3, 0.4) is 0 Å². The van der Waals surface area contributed by atoms with Crippen molar-refractivity contribution < 1.29 is 13.9 Å². The Kier molecular flexibility index (Phi) is 10.9. The second-order valence-electron chi connectivity index (χ2n) is 6.73. The van der Waals surface area contributed by atoms with Crippen LogP contribution in [-0.4, -0.2) is 68.9 Å². The third kappa shape index (κ3) is 8.18. The van der Waals surface area contributed by atoms with Gasteiger partial charge in [-0.1, -0.05) is 0 Å². The Morgan fingerprint density at radius 2 is 1.96 bits per heavy atom. The van der Waals surface area contributed by atoms with Gasteiger partial charge >= 0.3 is 0 Å². The lowest BCUT2D eigenvalue weighted by atomic mass is 10.2. The SMILES string of the molecule is CN=C(NCC(C)Oc1ccc(F)cc1)NCC(C)N1CCOCC1C.I. The molecule has 154 valence electrons. The molecule has 0 aliphatic carbocycles. The molecule has 0 bridgehead atoms. The third-order valence-electron chi connectivity index (χ3n) is 4.48. The highest BCUT2D eigenvalue weighted by atomic mass is 127. The van der Waals surface area contributed by atoms with Crippen LogP contribution in [0.25, 0.3) is 0 Å². The molecule has 1 aromatic rings. The Morgan fingerprint density at radius 1 is 1.30 bits per heavy atom. The van der Waals surface area contributed by atoms with Crippen molar-refractivity contribution in [2.45, 2.75) is 39.0 Å². The molecule has 6 nitrogen and oxygen atoms in total. The predicted molar refractivity (Wildman–Crippen MR) is 118 cm³/mol. The first kappa shape index (κ1) is 23.9. The fraction of sp³-hybridized carbons (Fsp3) is 0.632. The monoisotopic (exact) mass is 494 g/mol. The Bertz CT molecular complexity index is 573. The number of guanidine groups is 1. The fourth-order valence-electron chi connectivity index (χ4n) is 3.00. The molecule has 1 aliphatic heterocycles. The number of nitrogens with zero attached hydrogens (tertiary/aromatic N) is 2. The lowest BCUT2D eigenvalue weighted by Gasteiger charge is -2.38. The second kappa shape index (κ2) is 12.4. The zero-order valence-corrected chi connectivity index (χ0v) is 18.9. The number of hydrogen-bond acceptors (Lipinski definition) is 4. The fourth-order valence-corrected chi connectivity index (χ4v) is 3.00. The second-order valence-corrected chi connectivity index (χ2v) is 6.73. The van der Waals surface area contributed by atoms with Gasteiger partial charge in [-0.15, -0.1) is 24.0 Å². The number of hydrogen-bond donors (Lipinski definition) is 2. The molecule has 0 amide bonds. The van der Waals surface area contributed by atoms with Crippen LogP contribution in [-0.2, 0) is 4.74 Å². The molecule has 0 spiro atoms. The largest absolute Gasteiger partial charge is 0.489 e. The van der Waals surface area contributed by atoms with E-state index in [1.807, 2.05) is 6.92 Å². The van der Waals surface area contributed by atoms with Crippen molar-refractivity contribution in [3.05, 3.63) is 30.1 Å². The van der Waals surface area contributed by atoms with Gasteiger partial charge in [0.2, 0.25) is 0 Å². The van der Waals surface area contributed by atoms with Crippen LogP contribution in [0.1, 0.15) is 20.8 Å². The van der Waals surface area contributed by atoms with E-state index < -0.39 is 0 Å². The smallest absolute Gasteiger partial charge is 0.191 e. The molecule has 2 N–H and O–H groups in total. The summed E-state index contributed by atoms with van der Waals surface area (Å²) in [5.74, 6) is 1.13. The normalized spacial score (nSPS) is 20.3. The van der Waals surface area contributed by atoms with Crippen LogP contribution in [0.15, 0.2) is 29.3 Å². The molecule has 2 rings (SSSR count). The van der Waals surface area contributed by atoms with Crippen LogP contribution in [0.4, 0.5) is 4.39 Å². The first-order valence-corrected chi connectivity index (χ1v) is 9.19. The van der Waals surface area contributed by atoms with Crippen molar-refractivity contribution in [2.75, 3.05) is 39.9 Å². The number of halogens is 2. The Labute approximate surface area is 178 Å². The first-order valence-electron chi connectivity index (χ1n) is 9.19. The molecule has 3 atom stereocenters. The molecule has 8 heteroatoms. The molecule has 1 aromatic carbocycles. The van der Waals surface area contributed by atoms with E-state index in [1.165, 1.54) is 12.1 Å². The number of aliphatic imine (C=N–C) groups is 1. The van der Waals surface area contributed by atoms with Gasteiger partial charge in [0, 0.05) is 32.2 Å². The minimum absolute atomic E-state index is 0. The number of nitrogens with one attached hydrogen (secondary N) is 2. The van der Waals surface area contributed by atoms with E-state index in [4.69, 9.17) is 9.47 Å². The number of rotatable bonds is 7. The molecular formula is C19H32FIN4O2. The summed E-state index contributed by atoms with van der Waals surface area (Å²) in [5.41, 5.74) is 0. The van der Waals surface area contributed by atoms with E-state index in [1.54, 1.807) is 19.2 Å². The van der Waals surface area contributed by atoms with Crippen molar-refractivity contribution in [3.8, 4) is 5.75 Å². The first-order chi connectivity index (χ1) is 12.5. The Balaban J connectivity index is 0.00000364. The molecule has 0 aromatic heterocycles. The van der Waals surface area contributed by atoms with Crippen LogP contribution >= 0.6 is 24.0 Å². The minimum atomic E-state index is -0.267. The van der Waals surface area contributed by atoms with E-state index in [0.29, 0.717) is 24.4 Å². The van der Waals surface area contributed by atoms with E-state index >= 15 is 0 Å². The van der Waals surface area contributed by atoms with Gasteiger partial charge in [-0.2, -0.15) is 0 Å². The number of morpholine rings is 1. The standard InChI is InChI=1S/C19H31FN4O2.HI/c1-14(24-9-10-25-13-15(24)2)11-22-19(21-4)23-12-16(3)26-18-7-5-17(20)6-8-18;/h5-8,14-16H,9-13H2,1-4H3,(H2,21,22,23);1H. The summed E-state index contributed by atoms with van der Waals surface area (Å²) in [6.45, 7) is 10.3. The Hall–Kier alpha value is -1.13. The third-order valence-corrected chi connectivity index (χ3v) is 4.48. The van der Waals surface area contributed by atoms with Gasteiger partial charge in [-0.25, -0.2) is 4.39 Å². The zero-order chi connectivity index (χ0) is 18.9. The average Bonchev–Trinajstić information content (AvgIpc) is 2.64. The van der Waals surface area contributed by atoms with E-state index in [9.17, 15) is 4.39 Å². The van der Waals surface area contributed by atoms with Gasteiger partial charge in [-0.3, -0.25) is 9.89 Å². The van der Waals surface area contributed by atoms with Crippen molar-refractivity contribution in [2.24, 2.45) is 4.99 Å². The number of ether oxygens (including phenoxy) is 2. The molecular weight excluding hydrogens is 462 g/mol. The van der Waals surface area contributed by atoms with Crippen LogP contribution in [0.5, 0.6) is 5.75 Å². The van der Waals surface area contributed by atoms with Crippen LogP contribution in [0.2, 0.25) is 0 Å². The van der Waals surface area contributed by atoms with Gasteiger partial charge in [-0.05, 0) is 45.0 Å². The van der Waals surface area contributed by atoms with Gasteiger partial charge < -0.3 is 20.1 Å². The Morgan fingerprint density at radius 3 is 2.59 bits per heavy atom. The summed E-state index contributed by atoms with van der Waals surface area (Å²) in [5, 5.41) is 6.63. The summed E-state index contributed by atoms with van der Waals surface area (Å²) in [6, 6.07) is 6.86. The highest BCUT2D eigenvalue weighted by Gasteiger charge is 2.23. The maximum atomic E-state index is 12.9. The summed E-state index contributed by atoms with van der Waals surface area (Å²) >= 11 is 0. The quantitative estimate of drug-likeness (QED) is 0.347. The molecule has 27 heavy (non-hydrogen) atoms. The zero-order valence-electron chi connectivity index (χ0n) is 16.6. The van der Waals surface area contributed by atoms with E-state index in [0.717, 1.165) is 32.3 Å². The van der Waals surface area contributed by atoms with Crippen molar-refractivity contribution in [3.63, 3.8) is 0 Å². The maximum absolute atomic E-state index is 12.9. The molecule has 1 heterocycles. The van der Waals surface area contributed by atoms with E-state index in [-0.39, 0.29) is 35.9 Å². The summed E-state index contributed by atoms with van der Waals surface area (Å²) < 4.78 is 24.2. The van der Waals surface area contributed by atoms with Crippen LogP contribution in [0, 0.1) is 5.82 Å². The van der Waals surface area contributed by atoms with Gasteiger partial charge in [0.1, 0.15) is 17.7 Å². The highest BCUT2D eigenvalue weighted by Crippen LogP contribution is 2.13. The van der Waals surface area contributed by atoms with Gasteiger partial charge in [0.05, 0.1) is 19.8 Å². The maximum Gasteiger partial charge on any atom is 0.191 e. The molecule has 3 unspecified atom stereocenters. The van der Waals surface area contributed by atoms with E-state index in [2.05, 4.69) is 34.4 Å². The summed E-state index contributed by atoms with van der Waals surface area (Å²) in [7, 11) is 1.75. The average molecular weight is 494 g/mol. The van der Waals surface area contributed by atoms with Gasteiger partial charge in [0.15, 0.2) is 5.96 Å². The lowest BCUT2D eigenvalue weighted by molar-refractivity contribution is -0.0174. The molecule has 0 saturated carbocycles. The van der Waals surface area contributed by atoms with Crippen LogP contribution < -0.4 is 15.4 Å². The molecule has 0 radical (unpaired) electrons. The summed E-state index contributed by atoms with van der Waals surface area (Å²) in [6.07, 6.45) is -0.0734. The van der Waals surface area contributed by atoms with Crippen molar-refractivity contribution >= 4 is 29.9 Å². The molecule has 1 aliphatic rings. The van der Waals surface area contributed by atoms with Crippen molar-refractivity contribution in [1.82, 2.24) is 15.5 Å². The molecule has 1 fully saturated rings. The minimum Gasteiger partial charge on any atom is -0.489 e. The molecule has 1 saturated heterocycles. The lowest BCUT2D eigenvalue weighted by Crippen LogP contribution is -2.53. The van der Waals surface area contributed by atoms with Crippen molar-refractivity contribution in [1.29, 1.82) is 0 Å². The topological polar surface area (TPSA) is 58.1 Å². The summed E-state index contributed by atoms with van der Waals surface area (Å²) in [4.78, 5) is 6.71. The highest BCUT2D eigenvalue weighted by molar-refractivity contribution is 14.0. The number of benzene rings is 1. The predicted octanol–water partition coefficient (Wildman–Crippen LogP) is 2.49.